The van der Waals surface area contributed by atoms with Crippen LogP contribution in [0, 0.1) is 5.82 Å². The van der Waals surface area contributed by atoms with E-state index >= 15 is 4.39 Å². The summed E-state index contributed by atoms with van der Waals surface area (Å²) in [4.78, 5) is 25.6. The van der Waals surface area contributed by atoms with Crippen LogP contribution in [0.3, 0.4) is 0 Å². The first kappa shape index (κ1) is 25.2. The molecule has 5 rings (SSSR count). The number of nitrogens with zero attached hydrogens (tertiary/aromatic N) is 7. The Morgan fingerprint density at radius 3 is 2.58 bits per heavy atom. The largest absolute Gasteiger partial charge is 0.345 e. The van der Waals surface area contributed by atoms with Crippen LogP contribution in [0.1, 0.15) is 62.7 Å². The number of aryl methyl sites for hydroxylation is 1. The molecule has 0 saturated carbocycles. The third-order valence-electron chi connectivity index (χ3n) is 6.19. The standard InChI is InChI=1S/C27H29FN8O2/c1-15(2)36-21(18-12-32-35(6)13-18)10-19-22(30-14-31-24(19)36)16-7-8-17(20(28)9-16)11-29-25(37)23-33-26(38-34-23)27(3,4)5/h7-10,12-15H,11H2,1-6H3,(H,29,37). The molecule has 0 bridgehead atoms. The summed E-state index contributed by atoms with van der Waals surface area (Å²) >= 11 is 0. The smallest absolute Gasteiger partial charge is 0.292 e. The zero-order valence-corrected chi connectivity index (χ0v) is 22.2. The van der Waals surface area contributed by atoms with Gasteiger partial charge in [-0.2, -0.15) is 10.1 Å². The lowest BCUT2D eigenvalue weighted by Gasteiger charge is -2.13. The van der Waals surface area contributed by atoms with Gasteiger partial charge < -0.3 is 14.4 Å². The summed E-state index contributed by atoms with van der Waals surface area (Å²) in [6.07, 6.45) is 5.25. The SMILES string of the molecule is CC(C)n1c(-c2cnn(C)c2)cc2c(-c3ccc(CNC(=O)c4noc(C(C)(C)C)n4)c(F)c3)ncnc21. The molecule has 196 valence electrons. The van der Waals surface area contributed by atoms with Gasteiger partial charge >= 0.3 is 0 Å². The van der Waals surface area contributed by atoms with Crippen molar-refractivity contribution >= 4 is 16.9 Å². The molecule has 1 aromatic carbocycles. The van der Waals surface area contributed by atoms with Crippen LogP contribution in [0.2, 0.25) is 0 Å². The molecule has 0 unspecified atom stereocenters. The Morgan fingerprint density at radius 1 is 1.16 bits per heavy atom. The zero-order valence-electron chi connectivity index (χ0n) is 22.2. The zero-order chi connectivity index (χ0) is 27.2. The van der Waals surface area contributed by atoms with Crippen LogP contribution in [0.4, 0.5) is 4.39 Å². The summed E-state index contributed by atoms with van der Waals surface area (Å²) in [6, 6.07) is 6.99. The molecular weight excluding hydrogens is 487 g/mol. The maximum absolute atomic E-state index is 15.2. The second-order valence-corrected chi connectivity index (χ2v) is 10.5. The molecule has 0 aliphatic heterocycles. The number of hydrogen-bond acceptors (Lipinski definition) is 7. The highest BCUT2D eigenvalue weighted by molar-refractivity contribution is 5.95. The lowest BCUT2D eigenvalue weighted by molar-refractivity contribution is 0.0937. The minimum atomic E-state index is -0.539. The Kier molecular flexibility index (Phi) is 6.29. The van der Waals surface area contributed by atoms with Gasteiger partial charge in [0.25, 0.3) is 11.7 Å². The Morgan fingerprint density at radius 2 is 1.95 bits per heavy atom. The second-order valence-electron chi connectivity index (χ2n) is 10.5. The van der Waals surface area contributed by atoms with E-state index in [-0.39, 0.29) is 23.8 Å². The van der Waals surface area contributed by atoms with E-state index in [1.165, 1.54) is 12.4 Å². The van der Waals surface area contributed by atoms with E-state index in [0.717, 1.165) is 22.3 Å². The van der Waals surface area contributed by atoms with Crippen molar-refractivity contribution in [1.29, 1.82) is 0 Å². The van der Waals surface area contributed by atoms with Crippen molar-refractivity contribution in [1.82, 2.24) is 39.8 Å². The molecule has 0 radical (unpaired) electrons. The molecule has 1 N–H and O–H groups in total. The van der Waals surface area contributed by atoms with Crippen LogP contribution in [0.25, 0.3) is 33.5 Å². The molecule has 0 fully saturated rings. The molecule has 1 amide bonds. The van der Waals surface area contributed by atoms with Gasteiger partial charge in [0, 0.05) is 53.3 Å². The second kappa shape index (κ2) is 9.47. The fraction of sp³-hybridized carbons (Fsp3) is 0.333. The van der Waals surface area contributed by atoms with Crippen molar-refractivity contribution in [3.05, 3.63) is 66.1 Å². The van der Waals surface area contributed by atoms with Crippen LogP contribution < -0.4 is 5.32 Å². The summed E-state index contributed by atoms with van der Waals surface area (Å²) in [5.41, 5.74) is 3.85. The van der Waals surface area contributed by atoms with Gasteiger partial charge in [0.2, 0.25) is 5.89 Å². The van der Waals surface area contributed by atoms with Crippen molar-refractivity contribution in [2.75, 3.05) is 0 Å². The van der Waals surface area contributed by atoms with Gasteiger partial charge in [-0.3, -0.25) is 9.48 Å². The van der Waals surface area contributed by atoms with Crippen molar-refractivity contribution < 1.29 is 13.7 Å². The van der Waals surface area contributed by atoms with E-state index in [1.54, 1.807) is 16.8 Å². The quantitative estimate of drug-likeness (QED) is 0.344. The van der Waals surface area contributed by atoms with Gasteiger partial charge in [-0.15, -0.1) is 0 Å². The Hall–Kier alpha value is -4.41. The number of fused-ring (bicyclic) bond motifs is 1. The van der Waals surface area contributed by atoms with E-state index in [0.29, 0.717) is 22.7 Å². The fourth-order valence-electron chi connectivity index (χ4n) is 4.27. The molecule has 5 aromatic rings. The first-order valence-electron chi connectivity index (χ1n) is 12.3. The molecule has 0 atom stereocenters. The highest BCUT2D eigenvalue weighted by Gasteiger charge is 2.24. The lowest BCUT2D eigenvalue weighted by Crippen LogP contribution is -2.24. The third-order valence-corrected chi connectivity index (χ3v) is 6.19. The van der Waals surface area contributed by atoms with Crippen LogP contribution in [0.5, 0.6) is 0 Å². The van der Waals surface area contributed by atoms with Crippen molar-refractivity contribution in [3.63, 3.8) is 0 Å². The summed E-state index contributed by atoms with van der Waals surface area (Å²) in [5.74, 6) is -0.737. The first-order valence-corrected chi connectivity index (χ1v) is 12.3. The number of rotatable bonds is 6. The van der Waals surface area contributed by atoms with E-state index in [9.17, 15) is 4.79 Å². The van der Waals surface area contributed by atoms with Gasteiger partial charge in [-0.05, 0) is 26.0 Å². The average molecular weight is 517 g/mol. The Bertz CT molecular complexity index is 1640. The average Bonchev–Trinajstić information content (AvgIpc) is 3.60. The summed E-state index contributed by atoms with van der Waals surface area (Å²) in [5, 5.41) is 11.5. The highest BCUT2D eigenvalue weighted by Crippen LogP contribution is 2.35. The molecule has 0 spiro atoms. The van der Waals surface area contributed by atoms with Gasteiger partial charge in [0.15, 0.2) is 0 Å². The maximum atomic E-state index is 15.2. The number of nitrogens with one attached hydrogen (secondary N) is 1. The minimum absolute atomic E-state index is 0.0294. The maximum Gasteiger partial charge on any atom is 0.292 e. The number of carbonyl (C=O) groups is 1. The van der Waals surface area contributed by atoms with Crippen LogP contribution in [-0.2, 0) is 19.0 Å². The van der Waals surface area contributed by atoms with E-state index in [4.69, 9.17) is 4.52 Å². The minimum Gasteiger partial charge on any atom is -0.345 e. The predicted molar refractivity (Wildman–Crippen MR) is 140 cm³/mol. The molecular formula is C27H29FN8O2. The van der Waals surface area contributed by atoms with Crippen molar-refractivity contribution in [2.45, 2.75) is 52.6 Å². The monoisotopic (exact) mass is 516 g/mol. The number of carbonyl (C=O) groups excluding carboxylic acids is 1. The van der Waals surface area contributed by atoms with Gasteiger partial charge in [-0.25, -0.2) is 14.4 Å². The Labute approximate surface area is 218 Å². The van der Waals surface area contributed by atoms with Crippen LogP contribution in [-0.4, -0.2) is 40.4 Å². The Balaban J connectivity index is 1.42. The molecule has 0 aliphatic rings. The molecule has 11 heteroatoms. The highest BCUT2D eigenvalue weighted by atomic mass is 19.1. The van der Waals surface area contributed by atoms with E-state index in [2.05, 4.69) is 48.9 Å². The summed E-state index contributed by atoms with van der Waals surface area (Å²) < 4.78 is 24.2. The fourth-order valence-corrected chi connectivity index (χ4v) is 4.27. The third kappa shape index (κ3) is 4.67. The van der Waals surface area contributed by atoms with Crippen molar-refractivity contribution in [2.24, 2.45) is 7.05 Å². The summed E-state index contributed by atoms with van der Waals surface area (Å²) in [7, 11) is 1.87. The van der Waals surface area contributed by atoms with Crippen LogP contribution in [0.15, 0.2) is 47.5 Å². The van der Waals surface area contributed by atoms with E-state index in [1.807, 2.05) is 46.3 Å². The van der Waals surface area contributed by atoms with E-state index < -0.39 is 11.7 Å². The molecule has 0 saturated heterocycles. The number of aromatic nitrogens is 7. The molecule has 4 heterocycles. The number of amides is 1. The summed E-state index contributed by atoms with van der Waals surface area (Å²) in [6.45, 7) is 9.86. The molecule has 10 nitrogen and oxygen atoms in total. The number of benzene rings is 1. The van der Waals surface area contributed by atoms with Gasteiger partial charge in [0.1, 0.15) is 17.8 Å². The van der Waals surface area contributed by atoms with Gasteiger partial charge in [-0.1, -0.05) is 38.1 Å². The topological polar surface area (TPSA) is 117 Å². The van der Waals surface area contributed by atoms with Crippen molar-refractivity contribution in [3.8, 4) is 22.5 Å². The normalized spacial score (nSPS) is 12.0. The lowest BCUT2D eigenvalue weighted by atomic mass is 9.97. The molecule has 0 aliphatic carbocycles. The van der Waals surface area contributed by atoms with Crippen LogP contribution >= 0.6 is 0 Å². The molecule has 38 heavy (non-hydrogen) atoms. The predicted octanol–water partition coefficient (Wildman–Crippen LogP) is 4.83. The molecule has 4 aromatic heterocycles. The number of halogens is 1. The van der Waals surface area contributed by atoms with Gasteiger partial charge in [0.05, 0.1) is 17.6 Å². The first-order chi connectivity index (χ1) is 18.0. The number of hydrogen-bond donors (Lipinski definition) is 1.